The van der Waals surface area contributed by atoms with Crippen LogP contribution in [-0.4, -0.2) is 46.9 Å². The quantitative estimate of drug-likeness (QED) is 0.590. The molecule has 0 aliphatic rings. The van der Waals surface area contributed by atoms with Crippen LogP contribution in [0.15, 0.2) is 36.4 Å². The van der Waals surface area contributed by atoms with Gasteiger partial charge in [0.05, 0.1) is 26.5 Å². The second kappa shape index (κ2) is 9.03. The van der Waals surface area contributed by atoms with E-state index in [1.54, 1.807) is 30.3 Å². The third kappa shape index (κ3) is 4.22. The zero-order valence-corrected chi connectivity index (χ0v) is 16.4. The summed E-state index contributed by atoms with van der Waals surface area (Å²) in [4.78, 5) is 23.9. The maximum absolute atomic E-state index is 14.0. The predicted octanol–water partition coefficient (Wildman–Crippen LogP) is 3.58. The summed E-state index contributed by atoms with van der Waals surface area (Å²) in [5, 5.41) is 9.81. The highest BCUT2D eigenvalue weighted by molar-refractivity contribution is 5.98. The van der Waals surface area contributed by atoms with Crippen LogP contribution < -0.4 is 18.9 Å². The second-order valence-corrected chi connectivity index (χ2v) is 5.72. The summed E-state index contributed by atoms with van der Waals surface area (Å²) in [7, 11) is 2.43. The Kier molecular flexibility index (Phi) is 6.26. The molecule has 1 aromatic carbocycles. The number of ether oxygens (including phenoxy) is 4. The van der Waals surface area contributed by atoms with Gasteiger partial charge in [-0.3, -0.25) is 0 Å². The molecule has 1 N–H and O–H groups in total. The summed E-state index contributed by atoms with van der Waals surface area (Å²) in [6, 6.07) is 9.26. The zero-order chi connectivity index (χ0) is 21.7. The van der Waals surface area contributed by atoms with Crippen LogP contribution in [0.25, 0.3) is 11.3 Å². The first kappa shape index (κ1) is 20.8. The van der Waals surface area contributed by atoms with Crippen molar-refractivity contribution in [1.29, 1.82) is 0 Å². The topological polar surface area (TPSA) is 113 Å². The Morgan fingerprint density at radius 2 is 1.70 bits per heavy atom. The normalized spacial score (nSPS) is 10.4. The Labute approximate surface area is 171 Å². The lowest BCUT2D eigenvalue weighted by Crippen LogP contribution is -2.06. The van der Waals surface area contributed by atoms with Crippen LogP contribution in [0.1, 0.15) is 17.3 Å². The molecule has 0 bridgehead atoms. The lowest BCUT2D eigenvalue weighted by molar-refractivity contribution is 0.0695. The van der Waals surface area contributed by atoms with Crippen molar-refractivity contribution in [1.82, 2.24) is 15.0 Å². The van der Waals surface area contributed by atoms with Gasteiger partial charge in [0.1, 0.15) is 11.3 Å². The minimum absolute atomic E-state index is 0.0701. The van der Waals surface area contributed by atoms with Gasteiger partial charge in [-0.05, 0) is 19.1 Å². The largest absolute Gasteiger partial charge is 0.479 e. The van der Waals surface area contributed by atoms with Crippen LogP contribution in [0.5, 0.6) is 29.4 Å². The van der Waals surface area contributed by atoms with Gasteiger partial charge < -0.3 is 24.1 Å². The van der Waals surface area contributed by atoms with Gasteiger partial charge in [-0.2, -0.15) is 14.4 Å². The molecule has 30 heavy (non-hydrogen) atoms. The molecular weight excluding hydrogens is 397 g/mol. The third-order valence-electron chi connectivity index (χ3n) is 3.89. The number of halogens is 1. The summed E-state index contributed by atoms with van der Waals surface area (Å²) in [6.07, 6.45) is 0. The minimum atomic E-state index is -1.26. The van der Waals surface area contributed by atoms with Crippen LogP contribution in [0.3, 0.4) is 0 Å². The minimum Gasteiger partial charge on any atom is -0.479 e. The molecule has 3 rings (SSSR count). The van der Waals surface area contributed by atoms with Crippen molar-refractivity contribution < 1.29 is 33.2 Å². The first-order chi connectivity index (χ1) is 14.5. The van der Waals surface area contributed by atoms with Gasteiger partial charge in [-0.15, -0.1) is 0 Å². The van der Waals surface area contributed by atoms with E-state index >= 15 is 0 Å². The first-order valence-corrected chi connectivity index (χ1v) is 8.78. The van der Waals surface area contributed by atoms with Gasteiger partial charge >= 0.3 is 12.0 Å². The summed E-state index contributed by atoms with van der Waals surface area (Å²) >= 11 is 0. The number of carboxylic acids is 1. The maximum atomic E-state index is 14.0. The zero-order valence-electron chi connectivity index (χ0n) is 16.4. The number of benzene rings is 1. The molecule has 10 heteroatoms. The summed E-state index contributed by atoms with van der Waals surface area (Å²) in [5.41, 5.74) is 0.492. The predicted molar refractivity (Wildman–Crippen MR) is 103 cm³/mol. The Hall–Kier alpha value is -3.95. The highest BCUT2D eigenvalue weighted by Crippen LogP contribution is 2.34. The molecule has 0 aliphatic heterocycles. The summed E-state index contributed by atoms with van der Waals surface area (Å²) in [5.74, 6) is -2.69. The van der Waals surface area contributed by atoms with E-state index in [-0.39, 0.29) is 17.3 Å². The van der Waals surface area contributed by atoms with E-state index in [2.05, 4.69) is 15.0 Å². The van der Waals surface area contributed by atoms with Gasteiger partial charge in [0, 0.05) is 11.6 Å². The number of pyridine rings is 1. The Morgan fingerprint density at radius 1 is 1.03 bits per heavy atom. The lowest BCUT2D eigenvalue weighted by Gasteiger charge is -2.13. The van der Waals surface area contributed by atoms with Crippen molar-refractivity contribution in [2.75, 3.05) is 20.8 Å². The van der Waals surface area contributed by atoms with Gasteiger partial charge in [0.15, 0.2) is 0 Å². The van der Waals surface area contributed by atoms with E-state index in [0.717, 1.165) is 0 Å². The van der Waals surface area contributed by atoms with Gasteiger partial charge in [0.25, 0.3) is 11.8 Å². The maximum Gasteiger partial charge on any atom is 0.340 e. The second-order valence-electron chi connectivity index (χ2n) is 5.72. The number of nitrogens with zero attached hydrogens (tertiary/aromatic N) is 3. The molecule has 0 saturated heterocycles. The number of hydrogen-bond acceptors (Lipinski definition) is 8. The molecule has 0 aliphatic carbocycles. The van der Waals surface area contributed by atoms with Crippen molar-refractivity contribution >= 4 is 5.97 Å². The van der Waals surface area contributed by atoms with Crippen molar-refractivity contribution in [2.24, 2.45) is 0 Å². The molecule has 0 unspecified atom stereocenters. The SMILES string of the molecule is CCOc1cccc(-c2cccc(Oc3nc(OC)c(F)c(OC)n3)c2C(=O)O)n1. The van der Waals surface area contributed by atoms with Gasteiger partial charge in [0.2, 0.25) is 11.7 Å². The molecule has 3 aromatic rings. The first-order valence-electron chi connectivity index (χ1n) is 8.78. The van der Waals surface area contributed by atoms with Crippen LogP contribution in [0.4, 0.5) is 4.39 Å². The highest BCUT2D eigenvalue weighted by atomic mass is 19.1. The Balaban J connectivity index is 2.08. The van der Waals surface area contributed by atoms with E-state index in [1.807, 2.05) is 6.92 Å². The fourth-order valence-electron chi connectivity index (χ4n) is 2.65. The Bertz CT molecular complexity index is 1050. The summed E-state index contributed by atoms with van der Waals surface area (Å²) in [6.45, 7) is 2.23. The van der Waals surface area contributed by atoms with E-state index in [1.165, 1.54) is 20.3 Å². The van der Waals surface area contributed by atoms with Gasteiger partial charge in [-0.25, -0.2) is 9.78 Å². The van der Waals surface area contributed by atoms with Crippen LogP contribution >= 0.6 is 0 Å². The van der Waals surface area contributed by atoms with E-state index < -0.39 is 23.5 Å². The van der Waals surface area contributed by atoms with E-state index in [0.29, 0.717) is 23.7 Å². The number of aromatic carboxylic acids is 1. The summed E-state index contributed by atoms with van der Waals surface area (Å²) < 4.78 is 34.7. The molecule has 2 aromatic heterocycles. The van der Waals surface area contributed by atoms with Crippen LogP contribution in [-0.2, 0) is 0 Å². The lowest BCUT2D eigenvalue weighted by atomic mass is 10.0. The molecular formula is C20H18FN3O6. The van der Waals surface area contributed by atoms with Crippen molar-refractivity contribution in [3.05, 3.63) is 47.8 Å². The Morgan fingerprint density at radius 3 is 2.30 bits per heavy atom. The van der Waals surface area contributed by atoms with Crippen molar-refractivity contribution in [2.45, 2.75) is 6.92 Å². The molecule has 0 radical (unpaired) electrons. The monoisotopic (exact) mass is 415 g/mol. The molecule has 0 amide bonds. The number of methoxy groups -OCH3 is 2. The molecule has 0 saturated carbocycles. The van der Waals surface area contributed by atoms with E-state index in [4.69, 9.17) is 18.9 Å². The number of carboxylic acid groups (broad SMARTS) is 1. The average molecular weight is 415 g/mol. The molecule has 156 valence electrons. The number of rotatable bonds is 8. The highest BCUT2D eigenvalue weighted by Gasteiger charge is 2.22. The number of carbonyl (C=O) groups is 1. The van der Waals surface area contributed by atoms with E-state index in [9.17, 15) is 14.3 Å². The van der Waals surface area contributed by atoms with Gasteiger partial charge in [-0.1, -0.05) is 18.2 Å². The molecule has 0 fully saturated rings. The van der Waals surface area contributed by atoms with Crippen LogP contribution in [0.2, 0.25) is 0 Å². The van der Waals surface area contributed by atoms with Crippen LogP contribution in [0, 0.1) is 5.82 Å². The standard InChI is InChI=1S/C20H18FN3O6/c1-4-29-14-10-6-8-12(22-14)11-7-5-9-13(15(11)19(25)26)30-20-23-17(27-2)16(21)18(24-20)28-3/h5-10H,4H2,1-3H3,(H,25,26). The van der Waals surface area contributed by atoms with Crippen molar-refractivity contribution in [3.8, 4) is 40.7 Å². The fraction of sp³-hybridized carbons (Fsp3) is 0.200. The molecule has 2 heterocycles. The van der Waals surface area contributed by atoms with Crippen molar-refractivity contribution in [3.63, 3.8) is 0 Å². The molecule has 9 nitrogen and oxygen atoms in total. The number of hydrogen-bond donors (Lipinski definition) is 1. The average Bonchev–Trinajstić information content (AvgIpc) is 2.75. The number of aromatic nitrogens is 3. The molecule has 0 atom stereocenters. The third-order valence-corrected chi connectivity index (χ3v) is 3.89. The molecule has 0 spiro atoms. The fourth-order valence-corrected chi connectivity index (χ4v) is 2.65. The smallest absolute Gasteiger partial charge is 0.340 e.